The predicted molar refractivity (Wildman–Crippen MR) is 193 cm³/mol. The lowest BCUT2D eigenvalue weighted by Crippen LogP contribution is -2.65. The highest BCUT2D eigenvalue weighted by atomic mass is 15.3. The molecular weight excluding hydrogens is 545 g/mol. The topological polar surface area (TPSA) is 11.4 Å². The van der Waals surface area contributed by atoms with Crippen LogP contribution in [0.15, 0.2) is 122 Å². The fraction of sp³-hybridized carbons (Fsp3) is 0.220. The minimum atomic E-state index is 0.0203. The van der Waals surface area contributed by atoms with E-state index in [4.69, 9.17) is 0 Å². The van der Waals surface area contributed by atoms with Crippen molar-refractivity contribution in [3.63, 3.8) is 0 Å². The second kappa shape index (κ2) is 9.41. The lowest BCUT2D eigenvalue weighted by Gasteiger charge is -2.52. The smallest absolute Gasteiger partial charge is 0.273 e. The Morgan fingerprint density at radius 1 is 0.822 bits per heavy atom. The van der Waals surface area contributed by atoms with E-state index in [1.54, 1.807) is 0 Å². The first-order valence-electron chi connectivity index (χ1n) is 16.5. The zero-order valence-electron chi connectivity index (χ0n) is 26.4. The molecule has 45 heavy (non-hydrogen) atoms. The summed E-state index contributed by atoms with van der Waals surface area (Å²) in [5.74, 6) is 0. The second-order valence-corrected chi connectivity index (χ2v) is 13.6. The molecule has 0 N–H and O–H groups in total. The molecule has 4 aromatic carbocycles. The van der Waals surface area contributed by atoms with Gasteiger partial charge in [-0.25, -0.2) is 0 Å². The Labute approximate surface area is 266 Å². The molecule has 2 unspecified atom stereocenters. The number of fused-ring (bicyclic) bond motifs is 9. The molecule has 4 aliphatic rings. The maximum absolute atomic E-state index is 4.33. The number of hydrogen-bond donors (Lipinski definition) is 0. The van der Waals surface area contributed by atoms with E-state index >= 15 is 0 Å². The van der Waals surface area contributed by atoms with Gasteiger partial charge in [-0.3, -0.25) is 0 Å². The number of benzene rings is 4. The summed E-state index contributed by atoms with van der Waals surface area (Å²) in [6.45, 7) is 11.6. The molecule has 1 aromatic heterocycles. The van der Waals surface area contributed by atoms with Crippen molar-refractivity contribution in [3.8, 4) is 0 Å². The predicted octanol–water partition coefficient (Wildman–Crippen LogP) is 8.60. The molecule has 4 heteroatoms. The summed E-state index contributed by atoms with van der Waals surface area (Å²) in [5, 5.41) is 1.25. The lowest BCUT2D eigenvalue weighted by molar-refractivity contribution is 0.195. The van der Waals surface area contributed by atoms with Crippen molar-refractivity contribution in [1.82, 2.24) is 4.57 Å². The first kappa shape index (κ1) is 26.7. The molecule has 3 aliphatic heterocycles. The van der Waals surface area contributed by atoms with E-state index in [-0.39, 0.29) is 17.7 Å². The summed E-state index contributed by atoms with van der Waals surface area (Å²) >= 11 is 0. The number of rotatable bonds is 4. The van der Waals surface area contributed by atoms with Crippen molar-refractivity contribution in [1.29, 1.82) is 0 Å². The molecule has 0 bridgehead atoms. The third-order valence-corrected chi connectivity index (χ3v) is 11.6. The number of nitrogens with zero attached hydrogens (tertiary/aromatic N) is 3. The summed E-state index contributed by atoms with van der Waals surface area (Å²) in [6, 6.07) is 34.1. The van der Waals surface area contributed by atoms with Crippen molar-refractivity contribution in [3.05, 3.63) is 127 Å². The van der Waals surface area contributed by atoms with Crippen molar-refractivity contribution < 1.29 is 0 Å². The van der Waals surface area contributed by atoms with Crippen molar-refractivity contribution in [2.24, 2.45) is 0 Å². The Kier molecular flexibility index (Phi) is 5.58. The van der Waals surface area contributed by atoms with Gasteiger partial charge in [0.1, 0.15) is 0 Å². The van der Waals surface area contributed by atoms with Gasteiger partial charge in [0.05, 0.1) is 16.7 Å². The van der Waals surface area contributed by atoms with Gasteiger partial charge in [0, 0.05) is 44.8 Å². The van der Waals surface area contributed by atoms with E-state index in [9.17, 15) is 0 Å². The van der Waals surface area contributed by atoms with E-state index < -0.39 is 0 Å². The number of hydrogen-bond acceptors (Lipinski definition) is 2. The van der Waals surface area contributed by atoms with Crippen LogP contribution in [0.4, 0.5) is 28.4 Å². The molecule has 3 nitrogen and oxygen atoms in total. The fourth-order valence-corrected chi connectivity index (χ4v) is 9.48. The summed E-state index contributed by atoms with van der Waals surface area (Å²) in [5.41, 5.74) is 14.6. The molecule has 2 atom stereocenters. The van der Waals surface area contributed by atoms with Gasteiger partial charge in [0.2, 0.25) is 0 Å². The van der Waals surface area contributed by atoms with Gasteiger partial charge in [-0.2, -0.15) is 0 Å². The van der Waals surface area contributed by atoms with Crippen LogP contribution in [0, 0.1) is 0 Å². The maximum Gasteiger partial charge on any atom is 0.273 e. The Morgan fingerprint density at radius 2 is 1.58 bits per heavy atom. The van der Waals surface area contributed by atoms with Crippen molar-refractivity contribution in [2.75, 3.05) is 9.80 Å². The van der Waals surface area contributed by atoms with Gasteiger partial charge in [-0.15, -0.1) is 0 Å². The van der Waals surface area contributed by atoms with Gasteiger partial charge in [-0.05, 0) is 85.7 Å². The maximum atomic E-state index is 4.33. The molecule has 1 saturated carbocycles. The first-order valence-corrected chi connectivity index (χ1v) is 16.5. The van der Waals surface area contributed by atoms with Gasteiger partial charge in [0.25, 0.3) is 6.71 Å². The zero-order chi connectivity index (χ0) is 30.5. The van der Waals surface area contributed by atoms with Crippen molar-refractivity contribution in [2.45, 2.75) is 57.4 Å². The number of aromatic nitrogens is 1. The molecule has 0 amide bonds. The van der Waals surface area contributed by atoms with Crippen LogP contribution in [-0.2, 0) is 5.41 Å². The molecule has 1 aliphatic carbocycles. The SMILES string of the molecule is C=C/C(=C\C=C/C)n1c2c(c3ccccc31)N(c1ccccc1)c1cccc3c1B2c1cccc2c1N3C1(C)CCCCC21C. The van der Waals surface area contributed by atoms with Crippen LogP contribution in [0.5, 0.6) is 0 Å². The highest BCUT2D eigenvalue weighted by Crippen LogP contribution is 2.61. The monoisotopic (exact) mass is 583 g/mol. The summed E-state index contributed by atoms with van der Waals surface area (Å²) in [6.07, 6.45) is 13.4. The Hall–Kier alpha value is -4.70. The first-order chi connectivity index (χ1) is 22.0. The van der Waals surface area contributed by atoms with Crippen LogP contribution < -0.4 is 26.3 Å². The summed E-state index contributed by atoms with van der Waals surface area (Å²) in [4.78, 5) is 5.32. The molecule has 220 valence electrons. The standard InChI is InChI=1S/C41H38BN3/c1-5-7-17-28(6-2)44-33-23-12-11-20-30(33)37-39(44)42-32-22-15-21-31-38(32)45(41(4)27-14-13-26-40(31,41)3)35-25-16-24-34(36(35)42)43(37)29-18-9-8-10-19-29/h5-12,15-25H,2,13-14,26-27H2,1,3-4H3/b7-5-,28-17+. The Balaban J connectivity index is 1.47. The normalized spacial score (nSPS) is 22.8. The third-order valence-electron chi connectivity index (χ3n) is 11.6. The highest BCUT2D eigenvalue weighted by Gasteiger charge is 2.61. The Morgan fingerprint density at radius 3 is 2.40 bits per heavy atom. The number of para-hydroxylation sites is 3. The van der Waals surface area contributed by atoms with E-state index in [2.05, 4.69) is 151 Å². The average molecular weight is 584 g/mol. The molecule has 4 heterocycles. The van der Waals surface area contributed by atoms with Crippen LogP contribution in [0.3, 0.4) is 0 Å². The van der Waals surface area contributed by atoms with E-state index in [0.29, 0.717) is 0 Å². The van der Waals surface area contributed by atoms with Gasteiger partial charge < -0.3 is 14.4 Å². The molecule has 1 fully saturated rings. The lowest BCUT2D eigenvalue weighted by atomic mass is 9.35. The molecule has 0 saturated heterocycles. The van der Waals surface area contributed by atoms with E-state index in [1.807, 2.05) is 6.08 Å². The summed E-state index contributed by atoms with van der Waals surface area (Å²) < 4.78 is 2.50. The van der Waals surface area contributed by atoms with Crippen LogP contribution in [0.2, 0.25) is 0 Å². The van der Waals surface area contributed by atoms with Gasteiger partial charge in [0.15, 0.2) is 0 Å². The third kappa shape index (κ3) is 3.22. The van der Waals surface area contributed by atoms with Gasteiger partial charge in [-0.1, -0.05) is 99.2 Å². The summed E-state index contributed by atoms with van der Waals surface area (Å²) in [7, 11) is 0. The van der Waals surface area contributed by atoms with Gasteiger partial charge >= 0.3 is 0 Å². The van der Waals surface area contributed by atoms with Crippen LogP contribution in [-0.4, -0.2) is 16.8 Å². The van der Waals surface area contributed by atoms with Crippen LogP contribution in [0.25, 0.3) is 16.6 Å². The van der Waals surface area contributed by atoms with Crippen LogP contribution >= 0.6 is 0 Å². The molecular formula is C41H38BN3. The quantitative estimate of drug-likeness (QED) is 0.152. The molecule has 5 aromatic rings. The number of anilines is 5. The van der Waals surface area contributed by atoms with Crippen molar-refractivity contribution >= 4 is 68.3 Å². The second-order valence-electron chi connectivity index (χ2n) is 13.6. The van der Waals surface area contributed by atoms with Crippen LogP contribution in [0.1, 0.15) is 52.0 Å². The molecule has 0 spiro atoms. The zero-order valence-corrected chi connectivity index (χ0v) is 26.4. The molecule has 0 radical (unpaired) electrons. The largest absolute Gasteiger partial charge is 0.335 e. The van der Waals surface area contributed by atoms with E-state index in [1.165, 1.54) is 87.1 Å². The fourth-order valence-electron chi connectivity index (χ4n) is 9.48. The highest BCUT2D eigenvalue weighted by molar-refractivity contribution is 7.00. The average Bonchev–Trinajstić information content (AvgIpc) is 3.52. The number of allylic oxidation sites excluding steroid dienone is 5. The van der Waals surface area contributed by atoms with E-state index in [0.717, 1.165) is 5.70 Å². The minimum Gasteiger partial charge on any atom is -0.335 e. The Bertz CT molecular complexity index is 2100. The molecule has 9 rings (SSSR count). The minimum absolute atomic E-state index is 0.0203.